The van der Waals surface area contributed by atoms with Gasteiger partial charge in [-0.1, -0.05) is 25.0 Å². The van der Waals surface area contributed by atoms with E-state index < -0.39 is 0 Å². The molecule has 1 aliphatic carbocycles. The van der Waals surface area contributed by atoms with E-state index in [9.17, 15) is 0 Å². The van der Waals surface area contributed by atoms with Crippen LogP contribution in [-0.4, -0.2) is 17.4 Å². The second kappa shape index (κ2) is 5.83. The quantitative estimate of drug-likeness (QED) is 0.848. The molecular weight excluding hydrogens is 260 g/mol. The minimum atomic E-state index is 0.625. The summed E-state index contributed by atoms with van der Waals surface area (Å²) in [4.78, 5) is 4.44. The van der Waals surface area contributed by atoms with Gasteiger partial charge in [-0.05, 0) is 36.8 Å². The number of benzene rings is 1. The van der Waals surface area contributed by atoms with Gasteiger partial charge in [-0.25, -0.2) is 0 Å². The molecule has 0 amide bonds. The van der Waals surface area contributed by atoms with Crippen LogP contribution in [0.5, 0.6) is 0 Å². The number of halogens is 1. The molecule has 0 saturated heterocycles. The smallest absolute Gasteiger partial charge is 0.295 e. The fourth-order valence-corrected chi connectivity index (χ4v) is 3.33. The summed E-state index contributed by atoms with van der Waals surface area (Å²) < 4.78 is 5.67. The van der Waals surface area contributed by atoms with Crippen molar-refractivity contribution >= 4 is 28.7 Å². The van der Waals surface area contributed by atoms with Crippen molar-refractivity contribution in [3.8, 4) is 0 Å². The van der Waals surface area contributed by atoms with Crippen molar-refractivity contribution in [1.29, 1.82) is 0 Å². The summed E-state index contributed by atoms with van der Waals surface area (Å²) in [5, 5.41) is 3.33. The van der Waals surface area contributed by atoms with Crippen LogP contribution in [0.2, 0.25) is 0 Å². The lowest BCUT2D eigenvalue weighted by atomic mass is 9.80. The van der Waals surface area contributed by atoms with Crippen molar-refractivity contribution in [3.05, 3.63) is 24.3 Å². The van der Waals surface area contributed by atoms with E-state index in [1.54, 1.807) is 0 Å². The van der Waals surface area contributed by atoms with E-state index in [1.165, 1.54) is 25.7 Å². The minimum Gasteiger partial charge on any atom is -0.424 e. The first kappa shape index (κ1) is 12.8. The van der Waals surface area contributed by atoms with Gasteiger partial charge >= 0.3 is 0 Å². The Balaban J connectivity index is 1.64. The fourth-order valence-electron chi connectivity index (χ4n) is 2.92. The van der Waals surface area contributed by atoms with Gasteiger partial charge in [0.05, 0.1) is 0 Å². The molecule has 1 aromatic heterocycles. The molecule has 3 nitrogen and oxygen atoms in total. The molecule has 2 unspecified atom stereocenters. The molecule has 0 spiro atoms. The van der Waals surface area contributed by atoms with Crippen LogP contribution in [0.1, 0.15) is 25.7 Å². The molecule has 1 saturated carbocycles. The lowest BCUT2D eigenvalue weighted by Gasteiger charge is -2.29. The molecule has 1 aliphatic rings. The lowest BCUT2D eigenvalue weighted by molar-refractivity contribution is 0.271. The third kappa shape index (κ3) is 2.86. The van der Waals surface area contributed by atoms with Crippen LogP contribution in [0.15, 0.2) is 28.7 Å². The molecule has 102 valence electrons. The molecule has 1 fully saturated rings. The van der Waals surface area contributed by atoms with Gasteiger partial charge in [0.1, 0.15) is 5.52 Å². The Hall–Kier alpha value is -1.22. The van der Waals surface area contributed by atoms with Crippen molar-refractivity contribution in [2.24, 2.45) is 11.8 Å². The maximum atomic E-state index is 6.05. The summed E-state index contributed by atoms with van der Waals surface area (Å²) in [7, 11) is 0. The van der Waals surface area contributed by atoms with Gasteiger partial charge in [-0.3, -0.25) is 0 Å². The van der Waals surface area contributed by atoms with Crippen LogP contribution < -0.4 is 5.32 Å². The number of para-hydroxylation sites is 2. The lowest BCUT2D eigenvalue weighted by Crippen LogP contribution is -2.27. The number of hydrogen-bond acceptors (Lipinski definition) is 3. The third-order valence-electron chi connectivity index (χ3n) is 4.07. The van der Waals surface area contributed by atoms with Gasteiger partial charge in [0.15, 0.2) is 5.58 Å². The molecule has 2 aromatic rings. The highest BCUT2D eigenvalue weighted by atomic mass is 35.5. The predicted molar refractivity (Wildman–Crippen MR) is 78.7 cm³/mol. The van der Waals surface area contributed by atoms with Gasteiger partial charge in [0, 0.05) is 12.4 Å². The van der Waals surface area contributed by atoms with Gasteiger partial charge in [-0.2, -0.15) is 4.98 Å². The number of anilines is 1. The monoisotopic (exact) mass is 278 g/mol. The third-order valence-corrected chi connectivity index (χ3v) is 4.47. The second-order valence-electron chi connectivity index (χ2n) is 5.33. The molecule has 0 aliphatic heterocycles. The number of hydrogen-bond donors (Lipinski definition) is 1. The Morgan fingerprint density at radius 2 is 2.00 bits per heavy atom. The molecule has 0 bridgehead atoms. The molecule has 2 atom stereocenters. The zero-order valence-electron chi connectivity index (χ0n) is 10.9. The highest BCUT2D eigenvalue weighted by molar-refractivity contribution is 6.18. The van der Waals surface area contributed by atoms with Crippen LogP contribution in [-0.2, 0) is 0 Å². The van der Waals surface area contributed by atoms with Crippen molar-refractivity contribution < 1.29 is 4.42 Å². The molecule has 4 heteroatoms. The molecule has 19 heavy (non-hydrogen) atoms. The summed E-state index contributed by atoms with van der Waals surface area (Å²) in [5.41, 5.74) is 1.74. The number of nitrogens with zero attached hydrogens (tertiary/aromatic N) is 1. The Labute approximate surface area is 118 Å². The van der Waals surface area contributed by atoms with E-state index in [0.29, 0.717) is 17.9 Å². The van der Waals surface area contributed by atoms with Crippen LogP contribution in [0, 0.1) is 11.8 Å². The van der Waals surface area contributed by atoms with Gasteiger partial charge in [0.25, 0.3) is 6.01 Å². The van der Waals surface area contributed by atoms with Crippen LogP contribution in [0.25, 0.3) is 11.1 Å². The number of oxazole rings is 1. The van der Waals surface area contributed by atoms with Gasteiger partial charge < -0.3 is 9.73 Å². The standard InChI is InChI=1S/C15H19ClN2O/c16-9-11-5-1-2-6-12(11)10-17-15-18-13-7-3-4-8-14(13)19-15/h3-4,7-8,11-12H,1-2,5-6,9-10H2,(H,17,18). The number of nitrogens with one attached hydrogen (secondary N) is 1. The number of fused-ring (bicyclic) bond motifs is 1. The number of rotatable bonds is 4. The maximum absolute atomic E-state index is 6.05. The van der Waals surface area contributed by atoms with Crippen molar-refractivity contribution in [1.82, 2.24) is 4.98 Å². The summed E-state index contributed by atoms with van der Waals surface area (Å²) in [6, 6.07) is 8.46. The highest BCUT2D eigenvalue weighted by Crippen LogP contribution is 2.31. The number of aromatic nitrogens is 1. The highest BCUT2D eigenvalue weighted by Gasteiger charge is 2.24. The summed E-state index contributed by atoms with van der Waals surface area (Å²) in [5.74, 6) is 2.04. The van der Waals surface area contributed by atoms with Gasteiger partial charge in [-0.15, -0.1) is 11.6 Å². The van der Waals surface area contributed by atoms with Crippen molar-refractivity contribution in [2.45, 2.75) is 25.7 Å². The summed E-state index contributed by atoms with van der Waals surface area (Å²) >= 11 is 6.05. The average Bonchev–Trinajstić information content (AvgIpc) is 2.88. The van der Waals surface area contributed by atoms with Gasteiger partial charge in [0.2, 0.25) is 0 Å². The van der Waals surface area contributed by atoms with Crippen LogP contribution >= 0.6 is 11.6 Å². The Morgan fingerprint density at radius 3 is 2.79 bits per heavy atom. The van der Waals surface area contributed by atoms with Crippen LogP contribution in [0.4, 0.5) is 6.01 Å². The molecule has 1 aromatic carbocycles. The first-order valence-corrected chi connectivity index (χ1v) is 7.55. The molecule has 3 rings (SSSR count). The van der Waals surface area contributed by atoms with E-state index in [-0.39, 0.29) is 0 Å². The Morgan fingerprint density at radius 1 is 1.21 bits per heavy atom. The number of alkyl halides is 1. The van der Waals surface area contributed by atoms with E-state index in [4.69, 9.17) is 16.0 Å². The first-order valence-electron chi connectivity index (χ1n) is 7.02. The SMILES string of the molecule is ClCC1CCCCC1CNc1nc2ccccc2o1. The van der Waals surface area contributed by atoms with E-state index in [1.807, 2.05) is 24.3 Å². The van der Waals surface area contributed by atoms with E-state index in [0.717, 1.165) is 23.5 Å². The normalized spacial score (nSPS) is 23.6. The zero-order chi connectivity index (χ0) is 13.1. The van der Waals surface area contributed by atoms with E-state index >= 15 is 0 Å². The average molecular weight is 279 g/mol. The molecule has 1 heterocycles. The second-order valence-corrected chi connectivity index (χ2v) is 5.64. The largest absolute Gasteiger partial charge is 0.424 e. The first-order chi connectivity index (χ1) is 9.36. The van der Waals surface area contributed by atoms with Crippen molar-refractivity contribution in [2.75, 3.05) is 17.7 Å². The maximum Gasteiger partial charge on any atom is 0.295 e. The summed E-state index contributed by atoms with van der Waals surface area (Å²) in [6.45, 7) is 0.907. The van der Waals surface area contributed by atoms with E-state index in [2.05, 4.69) is 10.3 Å². The topological polar surface area (TPSA) is 38.1 Å². The molecule has 0 radical (unpaired) electrons. The fraction of sp³-hybridized carbons (Fsp3) is 0.533. The molecule has 1 N–H and O–H groups in total. The zero-order valence-corrected chi connectivity index (χ0v) is 11.7. The predicted octanol–water partition coefficient (Wildman–Crippen LogP) is 4.28. The van der Waals surface area contributed by atoms with Crippen molar-refractivity contribution in [3.63, 3.8) is 0 Å². The Bertz CT molecular complexity index is 507. The Kier molecular flexibility index (Phi) is 3.92. The summed E-state index contributed by atoms with van der Waals surface area (Å²) in [6.07, 6.45) is 5.14. The minimum absolute atomic E-state index is 0.625. The van der Waals surface area contributed by atoms with Crippen LogP contribution in [0.3, 0.4) is 0 Å². The molecular formula is C15H19ClN2O.